The highest BCUT2D eigenvalue weighted by Gasteiger charge is 2.19. The molecule has 0 spiro atoms. The molecule has 3 heterocycles. The lowest BCUT2D eigenvalue weighted by Crippen LogP contribution is -2.39. The highest BCUT2D eigenvalue weighted by Crippen LogP contribution is 2.21. The number of aryl methyl sites for hydroxylation is 1. The molecular formula is C23H27N5O2S2. The first-order chi connectivity index (χ1) is 15.7. The van der Waals surface area contributed by atoms with Gasteiger partial charge in [0, 0.05) is 30.9 Å². The number of benzene rings is 1. The van der Waals surface area contributed by atoms with Crippen LogP contribution in [0, 0.1) is 0 Å². The molecule has 0 atom stereocenters. The predicted molar refractivity (Wildman–Crippen MR) is 127 cm³/mol. The zero-order valence-corrected chi connectivity index (χ0v) is 19.5. The minimum atomic E-state index is -0.167. The molecule has 1 aliphatic heterocycles. The van der Waals surface area contributed by atoms with Gasteiger partial charge in [0.1, 0.15) is 5.82 Å². The number of aromatic nitrogens is 3. The fourth-order valence-electron chi connectivity index (χ4n) is 3.67. The Morgan fingerprint density at radius 1 is 1.06 bits per heavy atom. The number of carbonyl (C=O) groups excluding carboxylic acids is 2. The summed E-state index contributed by atoms with van der Waals surface area (Å²) in [6.45, 7) is 2.39. The van der Waals surface area contributed by atoms with Crippen LogP contribution in [-0.4, -0.2) is 56.9 Å². The van der Waals surface area contributed by atoms with E-state index >= 15 is 0 Å². The average Bonchev–Trinajstić information content (AvgIpc) is 3.58. The second-order valence-corrected chi connectivity index (χ2v) is 9.67. The van der Waals surface area contributed by atoms with Crippen LogP contribution in [0.15, 0.2) is 53.0 Å². The summed E-state index contributed by atoms with van der Waals surface area (Å²) < 4.78 is 2.11. The van der Waals surface area contributed by atoms with Gasteiger partial charge in [0.05, 0.1) is 12.3 Å². The van der Waals surface area contributed by atoms with Crippen molar-refractivity contribution in [1.82, 2.24) is 25.0 Å². The topological polar surface area (TPSA) is 80.1 Å². The fraction of sp³-hybridized carbons (Fsp3) is 0.391. The fourth-order valence-corrected chi connectivity index (χ4v) is 5.18. The number of hydrogen-bond donors (Lipinski definition) is 1. The Morgan fingerprint density at radius 3 is 2.62 bits per heavy atom. The molecule has 1 saturated heterocycles. The number of carbonyl (C=O) groups is 2. The van der Waals surface area contributed by atoms with Crippen LogP contribution in [-0.2, 0) is 29.0 Å². The number of thioether (sulfide) groups is 1. The molecule has 3 aromatic rings. The van der Waals surface area contributed by atoms with Crippen LogP contribution in [0.4, 0.5) is 0 Å². The SMILES string of the molecule is O=C(CSc1nnc(Cc2cccs2)n1CCc1ccccc1)NCC(=O)N1CCCC1. The second kappa shape index (κ2) is 11.3. The highest BCUT2D eigenvalue weighted by atomic mass is 32.2. The number of nitrogens with one attached hydrogen (secondary N) is 1. The normalized spacial score (nSPS) is 13.4. The van der Waals surface area contributed by atoms with Crippen molar-refractivity contribution in [2.24, 2.45) is 0 Å². The van der Waals surface area contributed by atoms with Crippen LogP contribution in [0.3, 0.4) is 0 Å². The van der Waals surface area contributed by atoms with Gasteiger partial charge in [0.25, 0.3) is 0 Å². The predicted octanol–water partition coefficient (Wildman–Crippen LogP) is 3.00. The van der Waals surface area contributed by atoms with Gasteiger partial charge in [0.2, 0.25) is 11.8 Å². The molecule has 7 nitrogen and oxygen atoms in total. The van der Waals surface area contributed by atoms with Crippen molar-refractivity contribution in [1.29, 1.82) is 0 Å². The zero-order chi connectivity index (χ0) is 22.2. The molecular weight excluding hydrogens is 442 g/mol. The maximum absolute atomic E-state index is 12.3. The van der Waals surface area contributed by atoms with E-state index in [1.165, 1.54) is 22.2 Å². The van der Waals surface area contributed by atoms with Gasteiger partial charge in [-0.3, -0.25) is 9.59 Å². The molecule has 168 valence electrons. The van der Waals surface area contributed by atoms with E-state index in [0.29, 0.717) is 0 Å². The molecule has 0 aliphatic carbocycles. The lowest BCUT2D eigenvalue weighted by Gasteiger charge is -2.15. The van der Waals surface area contributed by atoms with E-state index in [1.807, 2.05) is 29.2 Å². The summed E-state index contributed by atoms with van der Waals surface area (Å²) in [5.41, 5.74) is 1.25. The van der Waals surface area contributed by atoms with Crippen molar-refractivity contribution >= 4 is 34.9 Å². The van der Waals surface area contributed by atoms with Gasteiger partial charge in [-0.2, -0.15) is 0 Å². The highest BCUT2D eigenvalue weighted by molar-refractivity contribution is 7.99. The number of nitrogens with zero attached hydrogens (tertiary/aromatic N) is 4. The minimum absolute atomic E-state index is 0.00916. The molecule has 1 fully saturated rings. The first-order valence-corrected chi connectivity index (χ1v) is 12.7. The van der Waals surface area contributed by atoms with E-state index in [0.717, 1.165) is 56.3 Å². The third-order valence-corrected chi connectivity index (χ3v) is 7.24. The molecule has 1 N–H and O–H groups in total. The van der Waals surface area contributed by atoms with Crippen molar-refractivity contribution in [2.75, 3.05) is 25.4 Å². The van der Waals surface area contributed by atoms with E-state index in [1.54, 1.807) is 11.3 Å². The Balaban J connectivity index is 1.36. The largest absolute Gasteiger partial charge is 0.346 e. The number of thiophene rings is 1. The Kier molecular flexibility index (Phi) is 7.95. The van der Waals surface area contributed by atoms with Crippen LogP contribution in [0.1, 0.15) is 29.1 Å². The molecule has 2 amide bonds. The van der Waals surface area contributed by atoms with Crippen LogP contribution in [0.2, 0.25) is 0 Å². The number of amides is 2. The summed E-state index contributed by atoms with van der Waals surface area (Å²) in [4.78, 5) is 27.5. The van der Waals surface area contributed by atoms with E-state index < -0.39 is 0 Å². The van der Waals surface area contributed by atoms with E-state index in [-0.39, 0.29) is 24.1 Å². The van der Waals surface area contributed by atoms with Gasteiger partial charge in [0.15, 0.2) is 5.16 Å². The second-order valence-electron chi connectivity index (χ2n) is 7.70. The monoisotopic (exact) mass is 469 g/mol. The number of likely N-dealkylation sites (tertiary alicyclic amines) is 1. The molecule has 9 heteroatoms. The van der Waals surface area contributed by atoms with E-state index in [4.69, 9.17) is 0 Å². The summed E-state index contributed by atoms with van der Waals surface area (Å²) in [6.07, 6.45) is 3.67. The molecule has 32 heavy (non-hydrogen) atoms. The third-order valence-electron chi connectivity index (χ3n) is 5.40. The molecule has 0 unspecified atom stereocenters. The van der Waals surface area contributed by atoms with Gasteiger partial charge in [-0.25, -0.2) is 0 Å². The molecule has 0 bridgehead atoms. The van der Waals surface area contributed by atoms with Gasteiger partial charge in [-0.05, 0) is 36.3 Å². The maximum Gasteiger partial charge on any atom is 0.241 e. The zero-order valence-electron chi connectivity index (χ0n) is 17.9. The number of rotatable bonds is 10. The maximum atomic E-state index is 12.3. The van der Waals surface area contributed by atoms with Crippen molar-refractivity contribution in [3.63, 3.8) is 0 Å². The summed E-state index contributed by atoms with van der Waals surface area (Å²) in [5, 5.41) is 14.3. The first kappa shape index (κ1) is 22.5. The first-order valence-electron chi connectivity index (χ1n) is 10.8. The lowest BCUT2D eigenvalue weighted by molar-refractivity contribution is -0.131. The van der Waals surface area contributed by atoms with Crippen LogP contribution < -0.4 is 5.32 Å². The standard InChI is InChI=1S/C23H27N5O2S2/c29-21(24-16-22(30)27-11-4-5-12-27)17-32-23-26-25-20(15-19-9-6-14-31-19)28(23)13-10-18-7-2-1-3-8-18/h1-3,6-9,14H,4-5,10-13,15-17H2,(H,24,29). The van der Waals surface area contributed by atoms with Gasteiger partial charge < -0.3 is 14.8 Å². The Labute approximate surface area is 196 Å². The number of hydrogen-bond acceptors (Lipinski definition) is 6. The van der Waals surface area contributed by atoms with E-state index in [9.17, 15) is 9.59 Å². The van der Waals surface area contributed by atoms with Gasteiger partial charge >= 0.3 is 0 Å². The van der Waals surface area contributed by atoms with Crippen molar-refractivity contribution in [2.45, 2.75) is 37.4 Å². The lowest BCUT2D eigenvalue weighted by atomic mass is 10.1. The molecule has 2 aromatic heterocycles. The minimum Gasteiger partial charge on any atom is -0.346 e. The molecule has 0 radical (unpaired) electrons. The van der Waals surface area contributed by atoms with Gasteiger partial charge in [-0.15, -0.1) is 21.5 Å². The smallest absolute Gasteiger partial charge is 0.241 e. The average molecular weight is 470 g/mol. The summed E-state index contributed by atoms with van der Waals surface area (Å²) in [5.74, 6) is 0.927. The van der Waals surface area contributed by atoms with Crippen molar-refractivity contribution in [3.8, 4) is 0 Å². The Hall–Kier alpha value is -2.65. The quantitative estimate of drug-likeness (QED) is 0.462. The van der Waals surface area contributed by atoms with Crippen LogP contribution >= 0.6 is 23.1 Å². The van der Waals surface area contributed by atoms with Crippen molar-refractivity contribution < 1.29 is 9.59 Å². The van der Waals surface area contributed by atoms with Crippen molar-refractivity contribution in [3.05, 3.63) is 64.1 Å². The Morgan fingerprint density at radius 2 is 1.88 bits per heavy atom. The Bertz CT molecular complexity index is 1010. The van der Waals surface area contributed by atoms with Crippen LogP contribution in [0.25, 0.3) is 0 Å². The summed E-state index contributed by atoms with van der Waals surface area (Å²) >= 11 is 3.06. The molecule has 1 aliphatic rings. The van der Waals surface area contributed by atoms with Gasteiger partial charge in [-0.1, -0.05) is 48.2 Å². The van der Waals surface area contributed by atoms with E-state index in [2.05, 4.69) is 43.7 Å². The molecule has 0 saturated carbocycles. The summed E-state index contributed by atoms with van der Waals surface area (Å²) in [7, 11) is 0. The molecule has 4 rings (SSSR count). The van der Waals surface area contributed by atoms with Crippen LogP contribution in [0.5, 0.6) is 0 Å². The summed E-state index contributed by atoms with van der Waals surface area (Å²) in [6, 6.07) is 14.4. The third kappa shape index (κ3) is 6.20. The molecule has 1 aromatic carbocycles.